The maximum absolute atomic E-state index is 9.25. The normalized spacial score (nSPS) is 16.9. The number of rotatable bonds is 13. The molecule has 0 bridgehead atoms. The van der Waals surface area contributed by atoms with Crippen LogP contribution in [0.15, 0.2) is 4.99 Å². The Hall–Kier alpha value is -0.0800. The minimum absolute atomic E-state index is 0. The monoisotopic (exact) mass is 496 g/mol. The van der Waals surface area contributed by atoms with Crippen molar-refractivity contribution in [3.8, 4) is 0 Å². The number of guanidine groups is 1. The van der Waals surface area contributed by atoms with E-state index in [9.17, 15) is 5.11 Å². The van der Waals surface area contributed by atoms with Crippen LogP contribution in [-0.2, 0) is 0 Å². The zero-order valence-electron chi connectivity index (χ0n) is 18.0. The summed E-state index contributed by atoms with van der Waals surface area (Å²) in [4.78, 5) is 7.38. The van der Waals surface area contributed by atoms with Gasteiger partial charge in [-0.15, -0.1) is 24.0 Å². The number of aliphatic hydroxyl groups is 1. The molecule has 5 nitrogen and oxygen atoms in total. The maximum Gasteiger partial charge on any atom is 0.191 e. The van der Waals surface area contributed by atoms with Crippen LogP contribution in [0, 0.1) is 11.8 Å². The van der Waals surface area contributed by atoms with Crippen LogP contribution in [0.3, 0.4) is 0 Å². The molecule has 0 aromatic carbocycles. The van der Waals surface area contributed by atoms with Crippen LogP contribution in [0.4, 0.5) is 0 Å². The van der Waals surface area contributed by atoms with Gasteiger partial charge in [-0.25, -0.2) is 0 Å². The van der Waals surface area contributed by atoms with Crippen LogP contribution < -0.4 is 10.6 Å². The average molecular weight is 497 g/mol. The molecule has 0 saturated carbocycles. The van der Waals surface area contributed by atoms with Gasteiger partial charge in [-0.2, -0.15) is 0 Å². The number of hydrogen-bond acceptors (Lipinski definition) is 3. The fourth-order valence-corrected chi connectivity index (χ4v) is 3.72. The molecule has 1 unspecified atom stereocenters. The van der Waals surface area contributed by atoms with Gasteiger partial charge in [0.05, 0.1) is 0 Å². The lowest BCUT2D eigenvalue weighted by Crippen LogP contribution is -2.38. The van der Waals surface area contributed by atoms with Crippen molar-refractivity contribution in [2.75, 3.05) is 45.9 Å². The molecule has 1 aliphatic rings. The molecule has 1 saturated heterocycles. The van der Waals surface area contributed by atoms with Gasteiger partial charge in [0, 0.05) is 26.2 Å². The van der Waals surface area contributed by atoms with E-state index in [1.54, 1.807) is 0 Å². The summed E-state index contributed by atoms with van der Waals surface area (Å²) in [6, 6.07) is 0. The van der Waals surface area contributed by atoms with Gasteiger partial charge in [0.2, 0.25) is 0 Å². The van der Waals surface area contributed by atoms with Gasteiger partial charge >= 0.3 is 0 Å². The molecule has 27 heavy (non-hydrogen) atoms. The van der Waals surface area contributed by atoms with Gasteiger partial charge in [-0.3, -0.25) is 4.99 Å². The third-order valence-electron chi connectivity index (χ3n) is 5.09. The number of nitrogens with zero attached hydrogens (tertiary/aromatic N) is 2. The van der Waals surface area contributed by atoms with Gasteiger partial charge in [0.1, 0.15) is 0 Å². The predicted molar refractivity (Wildman–Crippen MR) is 128 cm³/mol. The van der Waals surface area contributed by atoms with Crippen LogP contribution in [-0.4, -0.2) is 61.8 Å². The first-order valence-electron chi connectivity index (χ1n) is 11.0. The molecule has 1 fully saturated rings. The van der Waals surface area contributed by atoms with Crippen molar-refractivity contribution in [3.05, 3.63) is 0 Å². The molecule has 1 rings (SSSR count). The summed E-state index contributed by atoms with van der Waals surface area (Å²) in [5, 5.41) is 16.1. The summed E-state index contributed by atoms with van der Waals surface area (Å²) >= 11 is 0. The minimum atomic E-state index is 0. The minimum Gasteiger partial charge on any atom is -0.396 e. The van der Waals surface area contributed by atoms with Crippen molar-refractivity contribution in [2.24, 2.45) is 16.8 Å². The second-order valence-corrected chi connectivity index (χ2v) is 8.12. The SMILES string of the molecule is CCNC(=NCC(CCO)CC(C)C)NCCCCCN1CCCCC1.I. The Bertz CT molecular complexity index is 360. The number of halogens is 1. The molecular weight excluding hydrogens is 451 g/mol. The van der Waals surface area contributed by atoms with E-state index < -0.39 is 0 Å². The second-order valence-electron chi connectivity index (χ2n) is 8.12. The van der Waals surface area contributed by atoms with Crippen molar-refractivity contribution in [2.45, 2.75) is 72.1 Å². The maximum atomic E-state index is 9.25. The van der Waals surface area contributed by atoms with E-state index in [1.165, 1.54) is 58.2 Å². The molecule has 0 spiro atoms. The fourth-order valence-electron chi connectivity index (χ4n) is 3.72. The number of likely N-dealkylation sites (tertiary alicyclic amines) is 1. The third kappa shape index (κ3) is 14.6. The number of nitrogens with one attached hydrogen (secondary N) is 2. The molecule has 1 heterocycles. The van der Waals surface area contributed by atoms with Gasteiger partial charge in [-0.1, -0.05) is 26.7 Å². The van der Waals surface area contributed by atoms with E-state index in [4.69, 9.17) is 4.99 Å². The van der Waals surface area contributed by atoms with Crippen LogP contribution in [0.1, 0.15) is 72.1 Å². The number of aliphatic hydroxyl groups excluding tert-OH is 1. The van der Waals surface area contributed by atoms with Gasteiger partial charge in [0.15, 0.2) is 5.96 Å². The highest BCUT2D eigenvalue weighted by atomic mass is 127. The van der Waals surface area contributed by atoms with E-state index in [2.05, 4.69) is 36.3 Å². The van der Waals surface area contributed by atoms with E-state index in [0.29, 0.717) is 11.8 Å². The lowest BCUT2D eigenvalue weighted by Gasteiger charge is -2.26. The topological polar surface area (TPSA) is 59.9 Å². The first-order valence-corrected chi connectivity index (χ1v) is 11.0. The Morgan fingerprint density at radius 1 is 1.07 bits per heavy atom. The number of hydrogen-bond donors (Lipinski definition) is 3. The fraction of sp³-hybridized carbons (Fsp3) is 0.952. The number of piperidine rings is 1. The van der Waals surface area contributed by atoms with Crippen LogP contribution in [0.2, 0.25) is 0 Å². The molecule has 0 radical (unpaired) electrons. The number of aliphatic imine (C=N–C) groups is 1. The highest BCUT2D eigenvalue weighted by Gasteiger charge is 2.11. The Morgan fingerprint density at radius 2 is 1.81 bits per heavy atom. The summed E-state index contributed by atoms with van der Waals surface area (Å²) in [6.07, 6.45) is 9.95. The summed E-state index contributed by atoms with van der Waals surface area (Å²) in [5.74, 6) is 2.05. The standard InChI is InChI=1S/C21H44N4O.HI/c1-4-22-21(24-18-20(11-16-26)17-19(2)3)23-12-7-5-8-13-25-14-9-6-10-15-25;/h19-20,26H,4-18H2,1-3H3,(H2,22,23,24);1H. The van der Waals surface area contributed by atoms with Gasteiger partial charge in [0.25, 0.3) is 0 Å². The van der Waals surface area contributed by atoms with Crippen LogP contribution in [0.5, 0.6) is 0 Å². The van der Waals surface area contributed by atoms with Crippen LogP contribution in [0.25, 0.3) is 0 Å². The van der Waals surface area contributed by atoms with E-state index in [-0.39, 0.29) is 30.6 Å². The summed E-state index contributed by atoms with van der Waals surface area (Å²) in [7, 11) is 0. The predicted octanol–water partition coefficient (Wildman–Crippen LogP) is 3.86. The Balaban J connectivity index is 0.00000676. The summed E-state index contributed by atoms with van der Waals surface area (Å²) < 4.78 is 0. The summed E-state index contributed by atoms with van der Waals surface area (Å²) in [6.45, 7) is 13.4. The van der Waals surface area contributed by atoms with E-state index in [1.807, 2.05) is 0 Å². The zero-order chi connectivity index (χ0) is 19.0. The van der Waals surface area contributed by atoms with Crippen molar-refractivity contribution >= 4 is 29.9 Å². The van der Waals surface area contributed by atoms with E-state index in [0.717, 1.165) is 38.4 Å². The quantitative estimate of drug-likeness (QED) is 0.157. The molecule has 1 atom stereocenters. The molecule has 0 aromatic heterocycles. The van der Waals surface area contributed by atoms with Gasteiger partial charge in [-0.05, 0) is 76.9 Å². The molecule has 3 N–H and O–H groups in total. The lowest BCUT2D eigenvalue weighted by molar-refractivity contribution is 0.224. The van der Waals surface area contributed by atoms with E-state index >= 15 is 0 Å². The Kier molecular flexibility index (Phi) is 17.9. The molecule has 6 heteroatoms. The average Bonchev–Trinajstić information content (AvgIpc) is 2.62. The lowest BCUT2D eigenvalue weighted by atomic mass is 9.94. The molecule has 162 valence electrons. The van der Waals surface area contributed by atoms with Crippen molar-refractivity contribution in [1.29, 1.82) is 0 Å². The first-order chi connectivity index (χ1) is 12.7. The van der Waals surface area contributed by atoms with Crippen LogP contribution >= 0.6 is 24.0 Å². The highest BCUT2D eigenvalue weighted by molar-refractivity contribution is 14.0. The molecule has 0 amide bonds. The largest absolute Gasteiger partial charge is 0.396 e. The highest BCUT2D eigenvalue weighted by Crippen LogP contribution is 2.15. The third-order valence-corrected chi connectivity index (χ3v) is 5.09. The molecule has 0 aliphatic carbocycles. The van der Waals surface area contributed by atoms with Crippen molar-refractivity contribution in [3.63, 3.8) is 0 Å². The smallest absolute Gasteiger partial charge is 0.191 e. The molecule has 1 aliphatic heterocycles. The molecular formula is C21H45IN4O. The Morgan fingerprint density at radius 3 is 2.44 bits per heavy atom. The van der Waals surface area contributed by atoms with Crippen molar-refractivity contribution in [1.82, 2.24) is 15.5 Å². The van der Waals surface area contributed by atoms with Gasteiger partial charge < -0.3 is 20.6 Å². The second kappa shape index (κ2) is 18.0. The van der Waals surface area contributed by atoms with Crippen molar-refractivity contribution < 1.29 is 5.11 Å². The summed E-state index contributed by atoms with van der Waals surface area (Å²) in [5.41, 5.74) is 0. The first kappa shape index (κ1) is 26.9. The number of unbranched alkanes of at least 4 members (excludes halogenated alkanes) is 2. The Labute approximate surface area is 185 Å². The zero-order valence-corrected chi connectivity index (χ0v) is 20.3. The molecule has 0 aromatic rings.